The Kier molecular flexibility index (Phi) is 7.42. The maximum absolute atomic E-state index is 11.5. The predicted octanol–water partition coefficient (Wildman–Crippen LogP) is 1.10. The lowest BCUT2D eigenvalue weighted by Crippen LogP contribution is -2.42. The third kappa shape index (κ3) is 7.10. The molecular weight excluding hydrogens is 278 g/mol. The van der Waals surface area contributed by atoms with Gasteiger partial charge in [0.15, 0.2) is 5.78 Å². The van der Waals surface area contributed by atoms with E-state index >= 15 is 0 Å². The summed E-state index contributed by atoms with van der Waals surface area (Å²) >= 11 is 0. The largest absolute Gasteiger partial charge is 0.348 e. The number of hydrogen-bond donors (Lipinski definition) is 3. The molecule has 2 aromatic heterocycles. The Hall–Kier alpha value is -2.05. The van der Waals surface area contributed by atoms with Gasteiger partial charge in [-0.1, -0.05) is 6.07 Å². The van der Waals surface area contributed by atoms with Crippen LogP contribution in [0.3, 0.4) is 0 Å². The van der Waals surface area contributed by atoms with Crippen LogP contribution < -0.4 is 11.1 Å². The monoisotopic (exact) mass is 303 g/mol. The SMILES string of the molecule is CC(C)(N)C(=O)Cc1ccccn1.CNCCc1cnc[nH]1. The molecule has 22 heavy (non-hydrogen) atoms. The summed E-state index contributed by atoms with van der Waals surface area (Å²) in [7, 11) is 1.94. The van der Waals surface area contributed by atoms with Gasteiger partial charge in [0.1, 0.15) is 0 Å². The molecule has 0 atom stereocenters. The molecule has 0 saturated heterocycles. The first-order valence-corrected chi connectivity index (χ1v) is 7.27. The van der Waals surface area contributed by atoms with Crippen molar-refractivity contribution in [3.63, 3.8) is 0 Å². The van der Waals surface area contributed by atoms with Crippen LogP contribution in [0.25, 0.3) is 0 Å². The second-order valence-corrected chi connectivity index (χ2v) is 5.57. The van der Waals surface area contributed by atoms with E-state index in [1.807, 2.05) is 31.4 Å². The highest BCUT2D eigenvalue weighted by molar-refractivity contribution is 5.88. The molecule has 120 valence electrons. The van der Waals surface area contributed by atoms with Crippen molar-refractivity contribution in [2.45, 2.75) is 32.2 Å². The second-order valence-electron chi connectivity index (χ2n) is 5.57. The van der Waals surface area contributed by atoms with E-state index in [4.69, 9.17) is 5.73 Å². The van der Waals surface area contributed by atoms with Crippen molar-refractivity contribution in [2.24, 2.45) is 5.73 Å². The van der Waals surface area contributed by atoms with E-state index in [0.717, 1.165) is 18.7 Å². The molecule has 0 unspecified atom stereocenters. The Balaban J connectivity index is 0.000000235. The van der Waals surface area contributed by atoms with Gasteiger partial charge >= 0.3 is 0 Å². The van der Waals surface area contributed by atoms with Crippen LogP contribution in [-0.4, -0.2) is 39.9 Å². The fourth-order valence-electron chi connectivity index (χ4n) is 1.58. The lowest BCUT2D eigenvalue weighted by molar-refractivity contribution is -0.122. The summed E-state index contributed by atoms with van der Waals surface area (Å²) < 4.78 is 0. The first-order valence-electron chi connectivity index (χ1n) is 7.27. The highest BCUT2D eigenvalue weighted by atomic mass is 16.1. The van der Waals surface area contributed by atoms with Gasteiger partial charge in [0, 0.05) is 36.7 Å². The van der Waals surface area contributed by atoms with Crippen LogP contribution in [0.1, 0.15) is 25.2 Å². The third-order valence-corrected chi connectivity index (χ3v) is 2.99. The van der Waals surface area contributed by atoms with Crippen LogP contribution in [-0.2, 0) is 17.6 Å². The molecule has 0 saturated carbocycles. The van der Waals surface area contributed by atoms with Crippen molar-refractivity contribution in [2.75, 3.05) is 13.6 Å². The fourth-order valence-corrected chi connectivity index (χ4v) is 1.58. The minimum atomic E-state index is -0.766. The van der Waals surface area contributed by atoms with Gasteiger partial charge in [-0.25, -0.2) is 4.98 Å². The van der Waals surface area contributed by atoms with Crippen molar-refractivity contribution in [1.29, 1.82) is 0 Å². The number of aromatic amines is 1. The van der Waals surface area contributed by atoms with E-state index < -0.39 is 5.54 Å². The molecule has 0 aromatic carbocycles. The topological polar surface area (TPSA) is 96.7 Å². The molecule has 0 radical (unpaired) electrons. The molecule has 0 bridgehead atoms. The van der Waals surface area contributed by atoms with Gasteiger partial charge < -0.3 is 16.0 Å². The minimum Gasteiger partial charge on any atom is -0.348 e. The summed E-state index contributed by atoms with van der Waals surface area (Å²) in [6.07, 6.45) is 6.55. The van der Waals surface area contributed by atoms with Gasteiger partial charge in [-0.05, 0) is 33.0 Å². The fraction of sp³-hybridized carbons (Fsp3) is 0.438. The number of imidazole rings is 1. The lowest BCUT2D eigenvalue weighted by Gasteiger charge is -2.15. The summed E-state index contributed by atoms with van der Waals surface area (Å²) in [5, 5.41) is 3.06. The van der Waals surface area contributed by atoms with Gasteiger partial charge in [-0.15, -0.1) is 0 Å². The molecule has 0 amide bonds. The number of H-pyrrole nitrogens is 1. The van der Waals surface area contributed by atoms with E-state index in [-0.39, 0.29) is 5.78 Å². The molecule has 6 heteroatoms. The molecule has 0 fully saturated rings. The zero-order chi connectivity index (χ0) is 16.4. The number of nitrogens with zero attached hydrogens (tertiary/aromatic N) is 2. The Morgan fingerprint density at radius 2 is 2.18 bits per heavy atom. The molecular formula is C16H25N5O. The smallest absolute Gasteiger partial charge is 0.158 e. The summed E-state index contributed by atoms with van der Waals surface area (Å²) in [6, 6.07) is 5.50. The van der Waals surface area contributed by atoms with Crippen molar-refractivity contribution >= 4 is 5.78 Å². The van der Waals surface area contributed by atoms with Crippen molar-refractivity contribution in [3.8, 4) is 0 Å². The Morgan fingerprint density at radius 3 is 2.68 bits per heavy atom. The van der Waals surface area contributed by atoms with Gasteiger partial charge in [0.25, 0.3) is 0 Å². The molecule has 2 heterocycles. The Labute approximate surface area is 131 Å². The number of Topliss-reactive ketones (excluding diaryl/α,β-unsaturated/α-hetero) is 1. The lowest BCUT2D eigenvalue weighted by atomic mass is 9.97. The molecule has 4 N–H and O–H groups in total. The van der Waals surface area contributed by atoms with Crippen LogP contribution >= 0.6 is 0 Å². The number of aromatic nitrogens is 3. The quantitative estimate of drug-likeness (QED) is 0.742. The number of nitrogens with two attached hydrogens (primary N) is 1. The number of likely N-dealkylation sites (N-methyl/N-ethyl adjacent to an activating group) is 1. The third-order valence-electron chi connectivity index (χ3n) is 2.99. The number of ketones is 1. The van der Waals surface area contributed by atoms with E-state index in [1.54, 1.807) is 26.4 Å². The first-order chi connectivity index (χ1) is 10.4. The van der Waals surface area contributed by atoms with Crippen LogP contribution in [0.5, 0.6) is 0 Å². The van der Waals surface area contributed by atoms with E-state index in [9.17, 15) is 4.79 Å². The van der Waals surface area contributed by atoms with E-state index in [0.29, 0.717) is 6.42 Å². The Morgan fingerprint density at radius 1 is 1.41 bits per heavy atom. The predicted molar refractivity (Wildman–Crippen MR) is 87.4 cm³/mol. The number of carbonyl (C=O) groups excluding carboxylic acids is 1. The molecule has 0 aliphatic carbocycles. The van der Waals surface area contributed by atoms with Gasteiger partial charge in [0.05, 0.1) is 18.3 Å². The van der Waals surface area contributed by atoms with Gasteiger partial charge in [0.2, 0.25) is 0 Å². The second kappa shape index (κ2) is 9.07. The number of nitrogens with one attached hydrogen (secondary N) is 2. The van der Waals surface area contributed by atoms with Gasteiger partial charge in [-0.3, -0.25) is 9.78 Å². The number of rotatable bonds is 6. The van der Waals surface area contributed by atoms with Gasteiger partial charge in [-0.2, -0.15) is 0 Å². The zero-order valence-corrected chi connectivity index (χ0v) is 13.5. The molecule has 0 spiro atoms. The molecule has 2 rings (SSSR count). The first kappa shape index (κ1) is 18.0. The summed E-state index contributed by atoms with van der Waals surface area (Å²) in [5.41, 5.74) is 6.84. The molecule has 2 aromatic rings. The summed E-state index contributed by atoms with van der Waals surface area (Å²) in [6.45, 7) is 4.42. The Bertz CT molecular complexity index is 531. The summed E-state index contributed by atoms with van der Waals surface area (Å²) in [5.74, 6) is 0.00574. The minimum absolute atomic E-state index is 0.00574. The maximum Gasteiger partial charge on any atom is 0.158 e. The zero-order valence-electron chi connectivity index (χ0n) is 13.5. The van der Waals surface area contributed by atoms with Crippen molar-refractivity contribution in [3.05, 3.63) is 48.3 Å². The summed E-state index contributed by atoms with van der Waals surface area (Å²) in [4.78, 5) is 22.4. The average molecular weight is 303 g/mol. The highest BCUT2D eigenvalue weighted by Gasteiger charge is 2.21. The van der Waals surface area contributed by atoms with Crippen LogP contribution in [0.2, 0.25) is 0 Å². The highest BCUT2D eigenvalue weighted by Crippen LogP contribution is 2.04. The standard InChI is InChI=1S/C10H14N2O.C6H11N3/c1-10(2,11)9(13)7-8-5-3-4-6-12-8;1-7-3-2-6-4-8-5-9-6/h3-6H,7,11H2,1-2H3;4-5,7H,2-3H2,1H3,(H,8,9). The van der Waals surface area contributed by atoms with Crippen molar-refractivity contribution in [1.82, 2.24) is 20.3 Å². The maximum atomic E-state index is 11.5. The van der Waals surface area contributed by atoms with E-state index in [2.05, 4.69) is 20.3 Å². The normalized spacial score (nSPS) is 10.7. The van der Waals surface area contributed by atoms with Crippen molar-refractivity contribution < 1.29 is 4.79 Å². The number of pyridine rings is 1. The van der Waals surface area contributed by atoms with E-state index in [1.165, 1.54) is 5.69 Å². The molecule has 0 aliphatic heterocycles. The van der Waals surface area contributed by atoms with Crippen LogP contribution in [0, 0.1) is 0 Å². The average Bonchev–Trinajstić information content (AvgIpc) is 2.99. The molecule has 6 nitrogen and oxygen atoms in total. The van der Waals surface area contributed by atoms with Crippen LogP contribution in [0.4, 0.5) is 0 Å². The van der Waals surface area contributed by atoms with Crippen LogP contribution in [0.15, 0.2) is 36.9 Å². The molecule has 0 aliphatic rings. The number of hydrogen-bond acceptors (Lipinski definition) is 5. The number of carbonyl (C=O) groups is 1.